The number of aromatic nitrogens is 1. The van der Waals surface area contributed by atoms with E-state index in [0.29, 0.717) is 12.2 Å². The van der Waals surface area contributed by atoms with Gasteiger partial charge in [-0.1, -0.05) is 0 Å². The Bertz CT molecular complexity index is 364. The number of carbonyl (C=O) groups excluding carboxylic acids is 1. The van der Waals surface area contributed by atoms with Crippen molar-refractivity contribution >= 4 is 17.2 Å². The zero-order chi connectivity index (χ0) is 12.8. The van der Waals surface area contributed by atoms with Gasteiger partial charge in [0, 0.05) is 24.4 Å². The van der Waals surface area contributed by atoms with Gasteiger partial charge in [0.1, 0.15) is 5.69 Å². The lowest BCUT2D eigenvalue weighted by atomic mass is 10.3. The fourth-order valence-electron chi connectivity index (χ4n) is 1.54. The Kier molecular flexibility index (Phi) is 5.54. The van der Waals surface area contributed by atoms with Crippen LogP contribution in [0, 0.1) is 0 Å². The molecule has 0 saturated carbocycles. The second-order valence-corrected chi connectivity index (χ2v) is 5.24. The highest BCUT2D eigenvalue weighted by Crippen LogP contribution is 2.10. The monoisotopic (exact) mass is 256 g/mol. The number of nitrogens with zero attached hydrogens (tertiary/aromatic N) is 2. The first-order valence-electron chi connectivity index (χ1n) is 5.63. The maximum Gasteiger partial charge on any atom is 0.271 e. The van der Waals surface area contributed by atoms with Crippen LogP contribution in [-0.4, -0.2) is 49.0 Å². The normalized spacial score (nSPS) is 12.8. The molecule has 1 amide bonds. The summed E-state index contributed by atoms with van der Waals surface area (Å²) in [6, 6.07) is 0.108. The van der Waals surface area contributed by atoms with Gasteiger partial charge in [-0.3, -0.25) is 4.79 Å². The molecule has 0 fully saturated rings. The van der Waals surface area contributed by atoms with Crippen LogP contribution in [0.25, 0.3) is 0 Å². The first-order valence-corrected chi connectivity index (χ1v) is 6.51. The lowest BCUT2D eigenvalue weighted by Gasteiger charge is -2.17. The van der Waals surface area contributed by atoms with E-state index in [1.165, 1.54) is 11.3 Å². The number of nitrogens with two attached hydrogens (primary N) is 1. The highest BCUT2D eigenvalue weighted by Gasteiger charge is 2.13. The number of amides is 1. The molecule has 6 heteroatoms. The molecule has 3 N–H and O–H groups in total. The fourth-order valence-corrected chi connectivity index (χ4v) is 2.34. The van der Waals surface area contributed by atoms with Gasteiger partial charge in [-0.05, 0) is 27.6 Å². The average Bonchev–Trinajstić information content (AvgIpc) is 2.65. The standard InChI is InChI=1S/C11H20N4OS/c1-8(6-15(2)3)13-11(16)9-7-17-10(14-9)4-5-12/h7-8H,4-6,12H2,1-3H3,(H,13,16). The van der Waals surface area contributed by atoms with Crippen LogP contribution in [0.5, 0.6) is 0 Å². The molecule has 1 aromatic rings. The van der Waals surface area contributed by atoms with E-state index >= 15 is 0 Å². The van der Waals surface area contributed by atoms with Crippen LogP contribution in [-0.2, 0) is 6.42 Å². The quantitative estimate of drug-likeness (QED) is 0.769. The molecular formula is C11H20N4OS. The van der Waals surface area contributed by atoms with Gasteiger partial charge < -0.3 is 16.0 Å². The van der Waals surface area contributed by atoms with Crippen LogP contribution >= 0.6 is 11.3 Å². The van der Waals surface area contributed by atoms with E-state index in [-0.39, 0.29) is 11.9 Å². The highest BCUT2D eigenvalue weighted by molar-refractivity contribution is 7.09. The summed E-state index contributed by atoms with van der Waals surface area (Å²) in [4.78, 5) is 18.1. The molecule has 0 aromatic carbocycles. The molecule has 0 aliphatic rings. The summed E-state index contributed by atoms with van der Waals surface area (Å²) >= 11 is 1.48. The molecule has 0 radical (unpaired) electrons. The first kappa shape index (κ1) is 14.1. The highest BCUT2D eigenvalue weighted by atomic mass is 32.1. The third-order valence-corrected chi connectivity index (χ3v) is 3.07. The predicted molar refractivity (Wildman–Crippen MR) is 70.4 cm³/mol. The Balaban J connectivity index is 2.51. The second-order valence-electron chi connectivity index (χ2n) is 4.30. The van der Waals surface area contributed by atoms with Crippen LogP contribution in [0.4, 0.5) is 0 Å². The fraction of sp³-hybridized carbons (Fsp3) is 0.636. The molecule has 96 valence electrons. The lowest BCUT2D eigenvalue weighted by Crippen LogP contribution is -2.39. The molecule has 0 aliphatic carbocycles. The van der Waals surface area contributed by atoms with Crippen molar-refractivity contribution in [2.75, 3.05) is 27.2 Å². The number of likely N-dealkylation sites (N-methyl/N-ethyl adjacent to an activating group) is 1. The maximum atomic E-state index is 11.8. The van der Waals surface area contributed by atoms with Crippen molar-refractivity contribution in [1.82, 2.24) is 15.2 Å². The van der Waals surface area contributed by atoms with Crippen LogP contribution in [0.2, 0.25) is 0 Å². The SMILES string of the molecule is CC(CN(C)C)NC(=O)c1csc(CCN)n1. The number of nitrogens with one attached hydrogen (secondary N) is 1. The Hall–Kier alpha value is -0.980. The van der Waals surface area contributed by atoms with Crippen molar-refractivity contribution in [3.05, 3.63) is 16.1 Å². The first-order chi connectivity index (χ1) is 8.02. The molecule has 1 unspecified atom stereocenters. The number of rotatable bonds is 6. The second kappa shape index (κ2) is 6.68. The van der Waals surface area contributed by atoms with E-state index in [4.69, 9.17) is 5.73 Å². The summed E-state index contributed by atoms with van der Waals surface area (Å²) in [5.74, 6) is -0.112. The summed E-state index contributed by atoms with van der Waals surface area (Å²) < 4.78 is 0. The largest absolute Gasteiger partial charge is 0.347 e. The predicted octanol–water partition coefficient (Wildman–Crippen LogP) is 0.324. The molecule has 0 saturated heterocycles. The number of hydrogen-bond acceptors (Lipinski definition) is 5. The van der Waals surface area contributed by atoms with E-state index in [0.717, 1.165) is 18.0 Å². The Morgan fingerprint density at radius 2 is 2.35 bits per heavy atom. The van der Waals surface area contributed by atoms with Crippen molar-refractivity contribution in [2.24, 2.45) is 5.73 Å². The smallest absolute Gasteiger partial charge is 0.271 e. The van der Waals surface area contributed by atoms with Gasteiger partial charge in [-0.15, -0.1) is 11.3 Å². The Morgan fingerprint density at radius 3 is 2.94 bits per heavy atom. The van der Waals surface area contributed by atoms with Gasteiger partial charge in [0.25, 0.3) is 5.91 Å². The Labute approximate surface area is 106 Å². The Morgan fingerprint density at radius 1 is 1.65 bits per heavy atom. The van der Waals surface area contributed by atoms with Gasteiger partial charge in [0.15, 0.2) is 0 Å². The third-order valence-electron chi connectivity index (χ3n) is 2.16. The van der Waals surface area contributed by atoms with Gasteiger partial charge >= 0.3 is 0 Å². The number of thiazole rings is 1. The van der Waals surface area contributed by atoms with Crippen LogP contribution in [0.15, 0.2) is 5.38 Å². The third kappa shape index (κ3) is 4.80. The van der Waals surface area contributed by atoms with Gasteiger partial charge in [0.05, 0.1) is 5.01 Å². The molecule has 1 heterocycles. The van der Waals surface area contributed by atoms with E-state index in [9.17, 15) is 4.79 Å². The zero-order valence-corrected chi connectivity index (χ0v) is 11.4. The zero-order valence-electron chi connectivity index (χ0n) is 10.6. The molecule has 0 aliphatic heterocycles. The minimum absolute atomic E-state index is 0.108. The number of carbonyl (C=O) groups is 1. The van der Waals surface area contributed by atoms with E-state index in [2.05, 4.69) is 10.3 Å². The molecule has 1 aromatic heterocycles. The summed E-state index contributed by atoms with van der Waals surface area (Å²) in [7, 11) is 3.95. The van der Waals surface area contributed by atoms with E-state index < -0.39 is 0 Å². The van der Waals surface area contributed by atoms with Crippen LogP contribution in [0.1, 0.15) is 22.4 Å². The summed E-state index contributed by atoms with van der Waals surface area (Å²) in [5.41, 5.74) is 5.93. The van der Waals surface area contributed by atoms with Gasteiger partial charge in [0.2, 0.25) is 0 Å². The van der Waals surface area contributed by atoms with Gasteiger partial charge in [-0.25, -0.2) is 4.98 Å². The molecular weight excluding hydrogens is 236 g/mol. The maximum absolute atomic E-state index is 11.8. The molecule has 1 rings (SSSR count). The van der Waals surface area contributed by atoms with Gasteiger partial charge in [-0.2, -0.15) is 0 Å². The summed E-state index contributed by atoms with van der Waals surface area (Å²) in [6.07, 6.45) is 0.727. The molecule has 0 spiro atoms. The van der Waals surface area contributed by atoms with E-state index in [1.54, 1.807) is 5.38 Å². The number of hydrogen-bond donors (Lipinski definition) is 2. The van der Waals surface area contributed by atoms with Crippen molar-refractivity contribution in [3.63, 3.8) is 0 Å². The van der Waals surface area contributed by atoms with E-state index in [1.807, 2.05) is 25.9 Å². The lowest BCUT2D eigenvalue weighted by molar-refractivity contribution is 0.0930. The summed E-state index contributed by atoms with van der Waals surface area (Å²) in [5, 5.41) is 5.61. The minimum atomic E-state index is -0.112. The van der Waals surface area contributed by atoms with Crippen molar-refractivity contribution in [2.45, 2.75) is 19.4 Å². The van der Waals surface area contributed by atoms with Crippen LogP contribution in [0.3, 0.4) is 0 Å². The molecule has 17 heavy (non-hydrogen) atoms. The molecule has 0 bridgehead atoms. The van der Waals surface area contributed by atoms with Crippen molar-refractivity contribution < 1.29 is 4.79 Å². The summed E-state index contributed by atoms with van der Waals surface area (Å²) in [6.45, 7) is 3.35. The van der Waals surface area contributed by atoms with Crippen molar-refractivity contribution in [1.29, 1.82) is 0 Å². The molecule has 5 nitrogen and oxygen atoms in total. The molecule has 1 atom stereocenters. The van der Waals surface area contributed by atoms with Crippen LogP contribution < -0.4 is 11.1 Å². The topological polar surface area (TPSA) is 71.2 Å². The van der Waals surface area contributed by atoms with Crippen molar-refractivity contribution in [3.8, 4) is 0 Å². The average molecular weight is 256 g/mol. The minimum Gasteiger partial charge on any atom is -0.347 e.